The normalized spacial score (nSPS) is 11.0. The Morgan fingerprint density at radius 1 is 1.00 bits per heavy atom. The average molecular weight is 403 g/mol. The molecular weight excluding hydrogens is 382 g/mol. The highest BCUT2D eigenvalue weighted by atomic mass is 16.2. The van der Waals surface area contributed by atoms with Crippen molar-refractivity contribution in [1.82, 2.24) is 18.7 Å². The molecule has 2 heterocycles. The summed E-state index contributed by atoms with van der Waals surface area (Å²) in [6.07, 6.45) is 1.39. The molecular formula is C22H21N5O3. The van der Waals surface area contributed by atoms with Gasteiger partial charge in [-0.2, -0.15) is 0 Å². The van der Waals surface area contributed by atoms with Crippen LogP contribution in [0.1, 0.15) is 5.56 Å². The minimum Gasteiger partial charge on any atom is -0.325 e. The van der Waals surface area contributed by atoms with Gasteiger partial charge in [-0.15, -0.1) is 0 Å². The molecule has 0 aliphatic carbocycles. The number of aryl methyl sites for hydroxylation is 2. The van der Waals surface area contributed by atoms with Gasteiger partial charge in [-0.25, -0.2) is 9.78 Å². The second-order valence-electron chi connectivity index (χ2n) is 7.25. The first-order chi connectivity index (χ1) is 14.3. The first-order valence-corrected chi connectivity index (χ1v) is 9.43. The third kappa shape index (κ3) is 3.43. The van der Waals surface area contributed by atoms with E-state index in [-0.39, 0.29) is 23.6 Å². The Hall–Kier alpha value is -3.94. The van der Waals surface area contributed by atoms with Crippen LogP contribution in [0.15, 0.2) is 64.4 Å². The first-order valence-electron chi connectivity index (χ1n) is 9.43. The summed E-state index contributed by atoms with van der Waals surface area (Å²) in [5.74, 6) is -0.298. The predicted molar refractivity (Wildman–Crippen MR) is 115 cm³/mol. The smallest absolute Gasteiger partial charge is 0.325 e. The van der Waals surface area contributed by atoms with Crippen molar-refractivity contribution >= 4 is 22.8 Å². The van der Waals surface area contributed by atoms with Gasteiger partial charge < -0.3 is 9.88 Å². The van der Waals surface area contributed by atoms with E-state index in [1.54, 1.807) is 0 Å². The summed E-state index contributed by atoms with van der Waals surface area (Å²) in [5, 5.41) is 2.83. The van der Waals surface area contributed by atoms with Crippen molar-refractivity contribution < 1.29 is 4.79 Å². The molecule has 1 N–H and O–H groups in total. The molecule has 30 heavy (non-hydrogen) atoms. The summed E-state index contributed by atoms with van der Waals surface area (Å²) >= 11 is 0. The molecule has 8 heteroatoms. The van der Waals surface area contributed by atoms with E-state index in [1.165, 1.54) is 35.1 Å². The van der Waals surface area contributed by atoms with E-state index in [0.29, 0.717) is 5.69 Å². The number of fused-ring (bicyclic) bond motifs is 1. The van der Waals surface area contributed by atoms with Crippen LogP contribution >= 0.6 is 0 Å². The molecule has 0 bridgehead atoms. The highest BCUT2D eigenvalue weighted by Crippen LogP contribution is 2.22. The Morgan fingerprint density at radius 3 is 2.43 bits per heavy atom. The fourth-order valence-electron chi connectivity index (χ4n) is 3.44. The van der Waals surface area contributed by atoms with Crippen LogP contribution < -0.4 is 16.6 Å². The zero-order valence-electron chi connectivity index (χ0n) is 16.9. The fourth-order valence-corrected chi connectivity index (χ4v) is 3.44. The molecule has 4 aromatic rings. The number of carbonyl (C=O) groups excluding carboxylic acids is 1. The molecule has 0 saturated heterocycles. The van der Waals surface area contributed by atoms with Crippen molar-refractivity contribution in [2.75, 3.05) is 5.32 Å². The van der Waals surface area contributed by atoms with E-state index in [1.807, 2.05) is 49.4 Å². The molecule has 0 saturated carbocycles. The fraction of sp³-hybridized carbons (Fsp3) is 0.182. The molecule has 0 atom stereocenters. The number of anilines is 1. The molecule has 152 valence electrons. The summed E-state index contributed by atoms with van der Waals surface area (Å²) in [6.45, 7) is 1.95. The third-order valence-electron chi connectivity index (χ3n) is 5.05. The van der Waals surface area contributed by atoms with Crippen molar-refractivity contribution in [2.45, 2.75) is 13.5 Å². The number of nitrogens with one attached hydrogen (secondary N) is 1. The molecule has 1 amide bonds. The molecule has 2 aromatic carbocycles. The van der Waals surface area contributed by atoms with E-state index >= 15 is 0 Å². The van der Waals surface area contributed by atoms with Gasteiger partial charge in [-0.05, 0) is 30.2 Å². The standard InChI is InChI=1S/C22H21N5O3/c1-14-5-4-6-16(11-14)15-7-9-17(10-8-15)24-18(28)12-27-13-23-20-19(27)21(29)26(3)22(30)25(20)2/h4-11,13H,12H2,1-3H3,(H,24,28). The van der Waals surface area contributed by atoms with E-state index in [2.05, 4.69) is 16.4 Å². The van der Waals surface area contributed by atoms with E-state index in [0.717, 1.165) is 15.7 Å². The summed E-state index contributed by atoms with van der Waals surface area (Å²) in [4.78, 5) is 41.2. The molecule has 0 unspecified atom stereocenters. The van der Waals surface area contributed by atoms with Crippen molar-refractivity contribution in [3.63, 3.8) is 0 Å². The van der Waals surface area contributed by atoms with E-state index in [4.69, 9.17) is 0 Å². The molecule has 4 rings (SSSR count). The van der Waals surface area contributed by atoms with Crippen LogP contribution in [-0.4, -0.2) is 24.6 Å². The zero-order chi connectivity index (χ0) is 21.4. The van der Waals surface area contributed by atoms with Crippen LogP contribution in [0.3, 0.4) is 0 Å². The number of hydrogen-bond donors (Lipinski definition) is 1. The highest BCUT2D eigenvalue weighted by Gasteiger charge is 2.16. The number of benzene rings is 2. The lowest BCUT2D eigenvalue weighted by Crippen LogP contribution is -2.37. The lowest BCUT2D eigenvalue weighted by Gasteiger charge is -2.09. The summed E-state index contributed by atoms with van der Waals surface area (Å²) in [5.41, 5.74) is 3.52. The van der Waals surface area contributed by atoms with E-state index < -0.39 is 11.2 Å². The predicted octanol–water partition coefficient (Wildman–Crippen LogP) is 2.05. The first kappa shape index (κ1) is 19.4. The Kier molecular flexibility index (Phi) is 4.83. The molecule has 8 nitrogen and oxygen atoms in total. The van der Waals surface area contributed by atoms with Crippen LogP contribution in [0.2, 0.25) is 0 Å². The van der Waals surface area contributed by atoms with Gasteiger partial charge in [-0.1, -0.05) is 42.0 Å². The van der Waals surface area contributed by atoms with Gasteiger partial charge >= 0.3 is 5.69 Å². The summed E-state index contributed by atoms with van der Waals surface area (Å²) < 4.78 is 3.74. The van der Waals surface area contributed by atoms with E-state index in [9.17, 15) is 14.4 Å². The van der Waals surface area contributed by atoms with Crippen LogP contribution in [0.25, 0.3) is 22.3 Å². The van der Waals surface area contributed by atoms with Gasteiger partial charge in [0, 0.05) is 19.8 Å². The molecule has 0 radical (unpaired) electrons. The van der Waals surface area contributed by atoms with Crippen LogP contribution in [0, 0.1) is 6.92 Å². The molecule has 0 fully saturated rings. The number of hydrogen-bond acceptors (Lipinski definition) is 4. The Morgan fingerprint density at radius 2 is 1.73 bits per heavy atom. The quantitative estimate of drug-likeness (QED) is 0.565. The maximum atomic E-state index is 12.5. The Labute approximate surface area is 172 Å². The highest BCUT2D eigenvalue weighted by molar-refractivity contribution is 5.91. The number of aromatic nitrogens is 4. The van der Waals surface area contributed by atoms with Crippen molar-refractivity contribution in [1.29, 1.82) is 0 Å². The van der Waals surface area contributed by atoms with Gasteiger partial charge in [0.2, 0.25) is 5.91 Å². The van der Waals surface area contributed by atoms with Crippen molar-refractivity contribution in [3.8, 4) is 11.1 Å². The van der Waals surface area contributed by atoms with Gasteiger partial charge in [0.05, 0.1) is 6.33 Å². The lowest BCUT2D eigenvalue weighted by atomic mass is 10.0. The second-order valence-corrected chi connectivity index (χ2v) is 7.25. The monoisotopic (exact) mass is 403 g/mol. The molecule has 2 aromatic heterocycles. The number of imidazole rings is 1. The minimum atomic E-state index is -0.485. The average Bonchev–Trinajstić information content (AvgIpc) is 3.14. The number of carbonyl (C=O) groups is 1. The van der Waals surface area contributed by atoms with Crippen LogP contribution in [0.4, 0.5) is 5.69 Å². The van der Waals surface area contributed by atoms with Gasteiger partial charge in [0.1, 0.15) is 6.54 Å². The van der Waals surface area contributed by atoms with Crippen molar-refractivity contribution in [2.24, 2.45) is 14.1 Å². The summed E-state index contributed by atoms with van der Waals surface area (Å²) in [6, 6.07) is 15.8. The van der Waals surface area contributed by atoms with Gasteiger partial charge in [0.15, 0.2) is 11.2 Å². The summed E-state index contributed by atoms with van der Waals surface area (Å²) in [7, 11) is 2.94. The van der Waals surface area contributed by atoms with Gasteiger partial charge in [-0.3, -0.25) is 18.7 Å². The maximum absolute atomic E-state index is 12.5. The molecule has 0 spiro atoms. The topological polar surface area (TPSA) is 90.9 Å². The lowest BCUT2D eigenvalue weighted by molar-refractivity contribution is -0.116. The maximum Gasteiger partial charge on any atom is 0.332 e. The SMILES string of the molecule is Cc1cccc(-c2ccc(NC(=O)Cn3cnc4c3c(=O)n(C)c(=O)n4C)cc2)c1. The van der Waals surface area contributed by atoms with Crippen LogP contribution in [-0.2, 0) is 25.4 Å². The Balaban J connectivity index is 1.54. The zero-order valence-corrected chi connectivity index (χ0v) is 16.9. The second kappa shape index (κ2) is 7.47. The van der Waals surface area contributed by atoms with Gasteiger partial charge in [0.25, 0.3) is 5.56 Å². The molecule has 0 aliphatic rings. The third-order valence-corrected chi connectivity index (χ3v) is 5.05. The minimum absolute atomic E-state index is 0.0937. The largest absolute Gasteiger partial charge is 0.332 e. The number of rotatable bonds is 4. The number of nitrogens with zero attached hydrogens (tertiary/aromatic N) is 4. The van der Waals surface area contributed by atoms with Crippen molar-refractivity contribution in [3.05, 3.63) is 81.3 Å². The van der Waals surface area contributed by atoms with Crippen LogP contribution in [0.5, 0.6) is 0 Å². The number of amides is 1. The molecule has 0 aliphatic heterocycles. The Bertz CT molecular complexity index is 1380.